The average molecular weight is 587 g/mol. The summed E-state index contributed by atoms with van der Waals surface area (Å²) in [5.74, 6) is -1.07. The molecule has 0 radical (unpaired) electrons. The number of halogens is 1. The molecule has 0 aliphatic rings. The number of hydrogen-bond acceptors (Lipinski definition) is 4. The van der Waals surface area contributed by atoms with Gasteiger partial charge < -0.3 is 32.1 Å². The second-order valence-corrected chi connectivity index (χ2v) is 10.1. The molecule has 0 aliphatic heterocycles. The molecule has 0 atom stereocenters. The summed E-state index contributed by atoms with van der Waals surface area (Å²) in [6.07, 6.45) is 0.722. The van der Waals surface area contributed by atoms with Gasteiger partial charge in [0.15, 0.2) is 11.6 Å². The second kappa shape index (κ2) is 18.9. The first-order chi connectivity index (χ1) is 19.6. The van der Waals surface area contributed by atoms with E-state index in [9.17, 15) is 9.59 Å². The number of hydrogen-bond donors (Lipinski definition) is 2. The van der Waals surface area contributed by atoms with Gasteiger partial charge >= 0.3 is 0 Å². The van der Waals surface area contributed by atoms with Crippen LogP contribution < -0.4 is 27.3 Å². The van der Waals surface area contributed by atoms with E-state index < -0.39 is 5.97 Å². The Kier molecular flexibility index (Phi) is 16.0. The first-order valence-corrected chi connectivity index (χ1v) is 13.4. The summed E-state index contributed by atoms with van der Waals surface area (Å²) < 4.78 is 0. The summed E-state index contributed by atoms with van der Waals surface area (Å²) in [6, 6.07) is 34.5. The minimum absolute atomic E-state index is 0. The van der Waals surface area contributed by atoms with Crippen LogP contribution in [0.25, 0.3) is 0 Å². The second-order valence-electron chi connectivity index (χ2n) is 10.1. The molecule has 42 heavy (non-hydrogen) atoms. The van der Waals surface area contributed by atoms with Gasteiger partial charge in [0.2, 0.25) is 0 Å². The van der Waals surface area contributed by atoms with Crippen molar-refractivity contribution >= 4 is 17.5 Å². The van der Waals surface area contributed by atoms with Crippen molar-refractivity contribution in [3.05, 3.63) is 155 Å². The molecule has 0 saturated carbocycles. The van der Waals surface area contributed by atoms with Crippen molar-refractivity contribution in [2.45, 2.75) is 13.1 Å². The molecule has 4 aromatic carbocycles. The van der Waals surface area contributed by atoms with E-state index >= 15 is 0 Å². The number of quaternary nitrogens is 2. The quantitative estimate of drug-likeness (QED) is 0.196. The number of ketones is 2. The molecule has 0 amide bonds. The minimum Gasteiger partial charge on any atom is -1.00 e. The SMILES string of the molecule is C=CC(=O)[O-].C[NH+](C)Cc1ccc(C(=O)c2ccccc2)cc1.C[NH+](C)Cc1ccc(C(=O)c2ccccc2)cc1.[Cl-]. The molecule has 7 heteroatoms. The molecule has 0 spiro atoms. The van der Waals surface area contributed by atoms with Gasteiger partial charge in [-0.2, -0.15) is 0 Å². The Morgan fingerprint density at radius 1 is 0.571 bits per heavy atom. The Bertz CT molecular complexity index is 1290. The third-order valence-corrected chi connectivity index (χ3v) is 5.79. The molecule has 220 valence electrons. The van der Waals surface area contributed by atoms with Crippen LogP contribution in [0.5, 0.6) is 0 Å². The van der Waals surface area contributed by atoms with E-state index in [-0.39, 0.29) is 24.0 Å². The molecule has 4 aromatic rings. The zero-order valence-electron chi connectivity index (χ0n) is 24.6. The van der Waals surface area contributed by atoms with Crippen LogP contribution in [0.2, 0.25) is 0 Å². The highest BCUT2D eigenvalue weighted by Crippen LogP contribution is 2.12. The Morgan fingerprint density at radius 3 is 1.07 bits per heavy atom. The van der Waals surface area contributed by atoms with Gasteiger partial charge in [-0.1, -0.05) is 116 Å². The van der Waals surface area contributed by atoms with Crippen molar-refractivity contribution in [3.63, 3.8) is 0 Å². The standard InChI is InChI=1S/2C16H17NO.C3H4O2.ClH/c2*1-17(2)12-13-8-10-15(11-9-13)16(18)14-6-4-3-5-7-14;1-2-3(4)5;/h2*3-11H,12H2,1-2H3;2H,1H2,(H,4,5);1H. The highest BCUT2D eigenvalue weighted by molar-refractivity contribution is 6.09. The van der Waals surface area contributed by atoms with Crippen molar-refractivity contribution in [1.82, 2.24) is 0 Å². The van der Waals surface area contributed by atoms with Crippen LogP contribution in [0.1, 0.15) is 43.0 Å². The molecule has 0 aliphatic carbocycles. The van der Waals surface area contributed by atoms with Crippen LogP contribution in [0.4, 0.5) is 0 Å². The molecule has 0 saturated heterocycles. The molecular formula is C35H39ClN2O4. The fourth-order valence-corrected chi connectivity index (χ4v) is 3.88. The number of nitrogens with one attached hydrogen (secondary N) is 2. The number of benzene rings is 4. The van der Waals surface area contributed by atoms with Crippen molar-refractivity contribution in [2.24, 2.45) is 0 Å². The third-order valence-electron chi connectivity index (χ3n) is 5.79. The Morgan fingerprint density at radius 2 is 0.833 bits per heavy atom. The fourth-order valence-electron chi connectivity index (χ4n) is 3.88. The number of carboxylic acid groups (broad SMARTS) is 1. The summed E-state index contributed by atoms with van der Waals surface area (Å²) in [4.78, 5) is 36.2. The lowest BCUT2D eigenvalue weighted by atomic mass is 10.0. The monoisotopic (exact) mass is 586 g/mol. The predicted molar refractivity (Wildman–Crippen MR) is 161 cm³/mol. The van der Waals surface area contributed by atoms with E-state index in [1.165, 1.54) is 20.9 Å². The number of aliphatic carboxylic acids is 1. The Hall–Kier alpha value is -4.36. The maximum atomic E-state index is 12.2. The van der Waals surface area contributed by atoms with Crippen molar-refractivity contribution in [1.29, 1.82) is 0 Å². The van der Waals surface area contributed by atoms with Crippen LogP contribution in [0.15, 0.2) is 122 Å². The average Bonchev–Trinajstić information content (AvgIpc) is 2.98. The number of carboxylic acids is 1. The van der Waals surface area contributed by atoms with Gasteiger partial charge in [0.05, 0.1) is 34.2 Å². The summed E-state index contributed by atoms with van der Waals surface area (Å²) in [5, 5.41) is 9.14. The smallest absolute Gasteiger partial charge is 0.193 e. The van der Waals surface area contributed by atoms with Gasteiger partial charge in [0.1, 0.15) is 13.1 Å². The van der Waals surface area contributed by atoms with Gasteiger partial charge in [-0.05, 0) is 6.08 Å². The lowest BCUT2D eigenvalue weighted by molar-refractivity contribution is -0.872. The zero-order chi connectivity index (χ0) is 30.2. The van der Waals surface area contributed by atoms with E-state index in [1.54, 1.807) is 0 Å². The van der Waals surface area contributed by atoms with Gasteiger partial charge in [-0.25, -0.2) is 0 Å². The summed E-state index contributed by atoms with van der Waals surface area (Å²) >= 11 is 0. The molecule has 2 N–H and O–H groups in total. The Balaban J connectivity index is 0.000000355. The maximum absolute atomic E-state index is 12.2. The lowest BCUT2D eigenvalue weighted by Crippen LogP contribution is -3.04. The summed E-state index contributed by atoms with van der Waals surface area (Å²) in [6.45, 7) is 4.84. The summed E-state index contributed by atoms with van der Waals surface area (Å²) in [5.41, 5.74) is 5.48. The number of carbonyl (C=O) groups is 3. The predicted octanol–water partition coefficient (Wildman–Crippen LogP) is -0.949. The fraction of sp³-hybridized carbons (Fsp3) is 0.171. The summed E-state index contributed by atoms with van der Waals surface area (Å²) in [7, 11) is 8.46. The lowest BCUT2D eigenvalue weighted by Gasteiger charge is -2.07. The zero-order valence-corrected chi connectivity index (χ0v) is 25.4. The largest absolute Gasteiger partial charge is 1.00 e. The van der Waals surface area contributed by atoms with Crippen LogP contribution in [0, 0.1) is 0 Å². The van der Waals surface area contributed by atoms with E-state index in [2.05, 4.69) is 34.8 Å². The molecule has 0 fully saturated rings. The third kappa shape index (κ3) is 12.9. The van der Waals surface area contributed by atoms with Gasteiger partial charge in [0.25, 0.3) is 0 Å². The molecule has 0 unspecified atom stereocenters. The van der Waals surface area contributed by atoms with E-state index in [1.807, 2.05) is 109 Å². The number of rotatable bonds is 9. The molecule has 0 aromatic heterocycles. The first-order valence-electron chi connectivity index (χ1n) is 13.4. The topological polar surface area (TPSA) is 83.2 Å². The first kappa shape index (κ1) is 35.7. The molecule has 4 rings (SSSR count). The molecular weight excluding hydrogens is 548 g/mol. The van der Waals surface area contributed by atoms with Crippen LogP contribution in [0.3, 0.4) is 0 Å². The molecule has 0 bridgehead atoms. The normalized spacial score (nSPS) is 9.86. The van der Waals surface area contributed by atoms with Crippen LogP contribution >= 0.6 is 0 Å². The highest BCUT2D eigenvalue weighted by atomic mass is 35.5. The van der Waals surface area contributed by atoms with Gasteiger partial charge in [-0.15, -0.1) is 0 Å². The maximum Gasteiger partial charge on any atom is 0.193 e. The van der Waals surface area contributed by atoms with Crippen molar-refractivity contribution in [2.75, 3.05) is 28.2 Å². The van der Waals surface area contributed by atoms with E-state index in [0.717, 1.165) is 41.4 Å². The number of carbonyl (C=O) groups excluding carboxylic acids is 3. The molecule has 0 heterocycles. The minimum atomic E-state index is -1.23. The highest BCUT2D eigenvalue weighted by Gasteiger charge is 2.09. The van der Waals surface area contributed by atoms with E-state index in [0.29, 0.717) is 0 Å². The van der Waals surface area contributed by atoms with Gasteiger partial charge in [0, 0.05) is 33.4 Å². The van der Waals surface area contributed by atoms with Crippen molar-refractivity contribution in [3.8, 4) is 0 Å². The van der Waals surface area contributed by atoms with E-state index in [4.69, 9.17) is 9.90 Å². The Labute approximate surface area is 255 Å². The van der Waals surface area contributed by atoms with Gasteiger partial charge in [-0.3, -0.25) is 9.59 Å². The van der Waals surface area contributed by atoms with Crippen molar-refractivity contribution < 1.29 is 41.7 Å². The molecule has 6 nitrogen and oxygen atoms in total. The van der Waals surface area contributed by atoms with Crippen LogP contribution in [-0.4, -0.2) is 45.7 Å². The van der Waals surface area contributed by atoms with Crippen LogP contribution in [-0.2, 0) is 17.9 Å².